The summed E-state index contributed by atoms with van der Waals surface area (Å²) in [7, 11) is 0. The maximum absolute atomic E-state index is 13.9. The van der Waals surface area contributed by atoms with Crippen molar-refractivity contribution in [2.75, 3.05) is 0 Å². The monoisotopic (exact) mass is 240 g/mol. The van der Waals surface area contributed by atoms with Gasteiger partial charge in [-0.3, -0.25) is 4.79 Å². The number of Topliss-reactive ketones (excluding diaryl/α,β-unsaturated/α-hetero) is 1. The van der Waals surface area contributed by atoms with Gasteiger partial charge in [0.25, 0.3) is 0 Å². The molecule has 0 aliphatic rings. The van der Waals surface area contributed by atoms with E-state index in [1.807, 2.05) is 30.3 Å². The molecule has 0 fully saturated rings. The van der Waals surface area contributed by atoms with Crippen LogP contribution in [0.15, 0.2) is 54.6 Å². The lowest BCUT2D eigenvalue weighted by molar-refractivity contribution is 0.101. The Morgan fingerprint density at radius 1 is 0.944 bits per heavy atom. The lowest BCUT2D eigenvalue weighted by Gasteiger charge is -2.00. The quantitative estimate of drug-likeness (QED) is 0.575. The number of hydrogen-bond donors (Lipinski definition) is 0. The summed E-state index contributed by atoms with van der Waals surface area (Å²) in [6.45, 7) is 1.49. The smallest absolute Gasteiger partial charge is 0.159 e. The molecule has 0 aliphatic carbocycles. The molecular formula is C16H13FO. The molecule has 0 atom stereocenters. The van der Waals surface area contributed by atoms with E-state index in [1.165, 1.54) is 13.0 Å². The van der Waals surface area contributed by atoms with Crippen molar-refractivity contribution < 1.29 is 9.18 Å². The van der Waals surface area contributed by atoms with E-state index < -0.39 is 0 Å². The van der Waals surface area contributed by atoms with Gasteiger partial charge < -0.3 is 0 Å². The zero-order valence-electron chi connectivity index (χ0n) is 10.1. The molecule has 0 amide bonds. The van der Waals surface area contributed by atoms with Gasteiger partial charge in [-0.2, -0.15) is 0 Å². The molecule has 0 saturated heterocycles. The number of hydrogen-bond acceptors (Lipinski definition) is 1. The van der Waals surface area contributed by atoms with Gasteiger partial charge in [-0.1, -0.05) is 54.6 Å². The standard InChI is InChI=1S/C16H13FO/c1-12(18)14-7-9-15(10-8-14)16(17)11-13-5-3-2-4-6-13/h2-11H,1H3/b16-11-. The van der Waals surface area contributed by atoms with E-state index in [-0.39, 0.29) is 11.6 Å². The van der Waals surface area contributed by atoms with Crippen molar-refractivity contribution in [3.63, 3.8) is 0 Å². The van der Waals surface area contributed by atoms with Crippen LogP contribution in [0.5, 0.6) is 0 Å². The van der Waals surface area contributed by atoms with Crippen molar-refractivity contribution in [2.45, 2.75) is 6.92 Å². The first-order valence-electron chi connectivity index (χ1n) is 5.70. The second-order valence-corrected chi connectivity index (χ2v) is 4.04. The van der Waals surface area contributed by atoms with Crippen LogP contribution >= 0.6 is 0 Å². The Morgan fingerprint density at radius 2 is 1.50 bits per heavy atom. The first kappa shape index (κ1) is 12.2. The molecule has 0 bridgehead atoms. The average molecular weight is 240 g/mol. The van der Waals surface area contributed by atoms with Crippen molar-refractivity contribution in [3.8, 4) is 0 Å². The maximum atomic E-state index is 13.9. The van der Waals surface area contributed by atoms with Crippen LogP contribution in [0.2, 0.25) is 0 Å². The van der Waals surface area contributed by atoms with E-state index in [4.69, 9.17) is 0 Å². The number of halogens is 1. The van der Waals surface area contributed by atoms with Crippen molar-refractivity contribution in [3.05, 3.63) is 71.3 Å². The number of rotatable bonds is 3. The first-order valence-corrected chi connectivity index (χ1v) is 5.70. The van der Waals surface area contributed by atoms with Gasteiger partial charge in [-0.15, -0.1) is 0 Å². The van der Waals surface area contributed by atoms with Crippen LogP contribution in [0.25, 0.3) is 11.9 Å². The highest BCUT2D eigenvalue weighted by atomic mass is 19.1. The summed E-state index contributed by atoms with van der Waals surface area (Å²) >= 11 is 0. The summed E-state index contributed by atoms with van der Waals surface area (Å²) in [4.78, 5) is 11.1. The normalized spacial score (nSPS) is 11.3. The number of carbonyl (C=O) groups is 1. The number of ketones is 1. The summed E-state index contributed by atoms with van der Waals surface area (Å²) in [6, 6.07) is 15.8. The van der Waals surface area contributed by atoms with Gasteiger partial charge in [0, 0.05) is 11.1 Å². The third-order valence-corrected chi connectivity index (χ3v) is 2.66. The molecule has 1 nitrogen and oxygen atoms in total. The predicted octanol–water partition coefficient (Wildman–Crippen LogP) is 4.36. The maximum Gasteiger partial charge on any atom is 0.159 e. The molecule has 0 radical (unpaired) electrons. The molecule has 2 aromatic rings. The van der Waals surface area contributed by atoms with Gasteiger partial charge >= 0.3 is 0 Å². The Bertz CT molecular complexity index is 568. The molecule has 18 heavy (non-hydrogen) atoms. The Balaban J connectivity index is 2.26. The largest absolute Gasteiger partial charge is 0.295 e. The van der Waals surface area contributed by atoms with Crippen molar-refractivity contribution in [2.24, 2.45) is 0 Å². The Labute approximate surface area is 106 Å². The topological polar surface area (TPSA) is 17.1 Å². The van der Waals surface area contributed by atoms with E-state index >= 15 is 0 Å². The van der Waals surface area contributed by atoms with E-state index in [0.717, 1.165) is 5.56 Å². The lowest BCUT2D eigenvalue weighted by atomic mass is 10.1. The SMILES string of the molecule is CC(=O)c1ccc(/C(F)=C/c2ccccc2)cc1. The van der Waals surface area contributed by atoms with E-state index in [2.05, 4.69) is 0 Å². The van der Waals surface area contributed by atoms with Crippen LogP contribution < -0.4 is 0 Å². The molecule has 2 rings (SSSR count). The molecule has 90 valence electrons. The van der Waals surface area contributed by atoms with Gasteiger partial charge in [-0.25, -0.2) is 4.39 Å². The van der Waals surface area contributed by atoms with Gasteiger partial charge in [0.1, 0.15) is 5.83 Å². The van der Waals surface area contributed by atoms with Crippen LogP contribution in [-0.2, 0) is 0 Å². The predicted molar refractivity (Wildman–Crippen MR) is 71.9 cm³/mol. The van der Waals surface area contributed by atoms with Gasteiger partial charge in [-0.05, 0) is 18.6 Å². The third-order valence-electron chi connectivity index (χ3n) is 2.66. The first-order chi connectivity index (χ1) is 8.66. The molecule has 0 aliphatic heterocycles. The summed E-state index contributed by atoms with van der Waals surface area (Å²) < 4.78 is 13.9. The highest BCUT2D eigenvalue weighted by Gasteiger charge is 2.02. The Hall–Kier alpha value is -2.22. The highest BCUT2D eigenvalue weighted by Crippen LogP contribution is 2.20. The molecule has 0 heterocycles. The fourth-order valence-electron chi connectivity index (χ4n) is 1.64. The van der Waals surface area contributed by atoms with Gasteiger partial charge in [0.15, 0.2) is 5.78 Å². The van der Waals surface area contributed by atoms with Gasteiger partial charge in [0.2, 0.25) is 0 Å². The molecule has 0 saturated carbocycles. The van der Waals surface area contributed by atoms with E-state index in [0.29, 0.717) is 11.1 Å². The molecular weight excluding hydrogens is 227 g/mol. The van der Waals surface area contributed by atoms with Gasteiger partial charge in [0.05, 0.1) is 0 Å². The van der Waals surface area contributed by atoms with Crippen molar-refractivity contribution in [1.29, 1.82) is 0 Å². The fourth-order valence-corrected chi connectivity index (χ4v) is 1.64. The zero-order chi connectivity index (χ0) is 13.0. The fraction of sp³-hybridized carbons (Fsp3) is 0.0625. The van der Waals surface area contributed by atoms with Crippen LogP contribution in [0.1, 0.15) is 28.4 Å². The Kier molecular flexibility index (Phi) is 3.68. The summed E-state index contributed by atoms with van der Waals surface area (Å²) in [5.74, 6) is -0.328. The number of benzene rings is 2. The molecule has 2 heteroatoms. The summed E-state index contributed by atoms with van der Waals surface area (Å²) in [5, 5.41) is 0. The lowest BCUT2D eigenvalue weighted by Crippen LogP contribution is -1.91. The summed E-state index contributed by atoms with van der Waals surface area (Å²) in [5.41, 5.74) is 1.88. The Morgan fingerprint density at radius 3 is 2.06 bits per heavy atom. The van der Waals surface area contributed by atoms with E-state index in [1.54, 1.807) is 24.3 Å². The molecule has 0 aromatic heterocycles. The second-order valence-electron chi connectivity index (χ2n) is 4.04. The van der Waals surface area contributed by atoms with E-state index in [9.17, 15) is 9.18 Å². The minimum Gasteiger partial charge on any atom is -0.295 e. The van der Waals surface area contributed by atoms with Crippen LogP contribution in [0.4, 0.5) is 4.39 Å². The average Bonchev–Trinajstić information content (AvgIpc) is 2.40. The molecule has 0 spiro atoms. The van der Waals surface area contributed by atoms with Crippen molar-refractivity contribution >= 4 is 17.7 Å². The minimum absolute atomic E-state index is 0.0194. The highest BCUT2D eigenvalue weighted by molar-refractivity contribution is 5.94. The summed E-state index contributed by atoms with van der Waals surface area (Å²) in [6.07, 6.45) is 1.47. The number of carbonyl (C=O) groups excluding carboxylic acids is 1. The van der Waals surface area contributed by atoms with Crippen molar-refractivity contribution in [1.82, 2.24) is 0 Å². The zero-order valence-corrected chi connectivity index (χ0v) is 10.1. The third kappa shape index (κ3) is 2.92. The molecule has 2 aromatic carbocycles. The van der Waals surface area contributed by atoms with Crippen LogP contribution in [0, 0.1) is 0 Å². The van der Waals surface area contributed by atoms with Crippen LogP contribution in [-0.4, -0.2) is 5.78 Å². The minimum atomic E-state index is -0.309. The molecule has 0 unspecified atom stereocenters. The van der Waals surface area contributed by atoms with Crippen LogP contribution in [0.3, 0.4) is 0 Å². The second kappa shape index (κ2) is 5.41. The molecule has 0 N–H and O–H groups in total.